The van der Waals surface area contributed by atoms with Gasteiger partial charge in [-0.15, -0.1) is 0 Å². The summed E-state index contributed by atoms with van der Waals surface area (Å²) < 4.78 is 5.53. The van der Waals surface area contributed by atoms with Crippen molar-refractivity contribution in [1.82, 2.24) is 10.6 Å². The van der Waals surface area contributed by atoms with E-state index in [1.54, 1.807) is 0 Å². The minimum atomic E-state index is 0.0754. The lowest BCUT2D eigenvalue weighted by Crippen LogP contribution is -2.41. The van der Waals surface area contributed by atoms with Crippen LogP contribution in [0.5, 0.6) is 0 Å². The summed E-state index contributed by atoms with van der Waals surface area (Å²) in [6.45, 7) is 4.67. The fraction of sp³-hybridized carbons (Fsp3) is 0.917. The molecule has 0 aromatic rings. The molecule has 0 bridgehead atoms. The van der Waals surface area contributed by atoms with Gasteiger partial charge in [0.15, 0.2) is 0 Å². The monoisotopic (exact) mass is 226 g/mol. The van der Waals surface area contributed by atoms with Crippen LogP contribution in [0, 0.1) is 5.92 Å². The number of nitrogens with one attached hydrogen (secondary N) is 2. The third-order valence-electron chi connectivity index (χ3n) is 3.63. The second kappa shape index (κ2) is 5.64. The maximum Gasteiger partial charge on any atom is 0.225 e. The van der Waals surface area contributed by atoms with Crippen LogP contribution in [0.15, 0.2) is 0 Å². The summed E-state index contributed by atoms with van der Waals surface area (Å²) in [7, 11) is 0. The van der Waals surface area contributed by atoms with E-state index in [9.17, 15) is 4.79 Å². The van der Waals surface area contributed by atoms with Crippen LogP contribution in [0.4, 0.5) is 0 Å². The van der Waals surface area contributed by atoms with Crippen molar-refractivity contribution in [3.63, 3.8) is 0 Å². The van der Waals surface area contributed by atoms with Crippen molar-refractivity contribution in [2.75, 3.05) is 19.7 Å². The number of hydrogen-bond donors (Lipinski definition) is 2. The lowest BCUT2D eigenvalue weighted by molar-refractivity contribution is -0.126. The van der Waals surface area contributed by atoms with Gasteiger partial charge in [0.1, 0.15) is 0 Å². The third-order valence-corrected chi connectivity index (χ3v) is 3.63. The SMILES string of the molecule is CCC1OCCC1C(=O)NCC1CCCN1. The maximum atomic E-state index is 12.0. The van der Waals surface area contributed by atoms with E-state index in [1.165, 1.54) is 12.8 Å². The molecule has 2 N–H and O–H groups in total. The Labute approximate surface area is 97.1 Å². The molecule has 92 valence electrons. The Morgan fingerprint density at radius 1 is 1.50 bits per heavy atom. The average Bonchev–Trinajstić information content (AvgIpc) is 2.96. The molecule has 2 saturated heterocycles. The molecule has 2 aliphatic rings. The Kier molecular flexibility index (Phi) is 4.18. The van der Waals surface area contributed by atoms with Crippen molar-refractivity contribution < 1.29 is 9.53 Å². The van der Waals surface area contributed by atoms with Crippen LogP contribution in [0.25, 0.3) is 0 Å². The molecule has 0 saturated carbocycles. The molecule has 3 atom stereocenters. The molecule has 0 aromatic heterocycles. The van der Waals surface area contributed by atoms with Crippen molar-refractivity contribution in [2.24, 2.45) is 5.92 Å². The minimum absolute atomic E-state index is 0.0754. The smallest absolute Gasteiger partial charge is 0.225 e. The van der Waals surface area contributed by atoms with Gasteiger partial charge in [-0.1, -0.05) is 6.92 Å². The Morgan fingerprint density at radius 3 is 3.06 bits per heavy atom. The van der Waals surface area contributed by atoms with Gasteiger partial charge in [-0.25, -0.2) is 0 Å². The van der Waals surface area contributed by atoms with E-state index >= 15 is 0 Å². The molecule has 3 unspecified atom stereocenters. The van der Waals surface area contributed by atoms with Gasteiger partial charge in [0.2, 0.25) is 5.91 Å². The first-order valence-electron chi connectivity index (χ1n) is 6.44. The van der Waals surface area contributed by atoms with E-state index in [1.807, 2.05) is 0 Å². The summed E-state index contributed by atoms with van der Waals surface area (Å²) in [4.78, 5) is 12.0. The van der Waals surface area contributed by atoms with Crippen molar-refractivity contribution >= 4 is 5.91 Å². The summed E-state index contributed by atoms with van der Waals surface area (Å²) in [5.74, 6) is 0.254. The molecule has 16 heavy (non-hydrogen) atoms. The lowest BCUT2D eigenvalue weighted by Gasteiger charge is -2.18. The number of rotatable bonds is 4. The first-order chi connectivity index (χ1) is 7.81. The van der Waals surface area contributed by atoms with Gasteiger partial charge >= 0.3 is 0 Å². The fourth-order valence-electron chi connectivity index (χ4n) is 2.64. The van der Waals surface area contributed by atoms with Crippen LogP contribution in [0.1, 0.15) is 32.6 Å². The van der Waals surface area contributed by atoms with Crippen LogP contribution >= 0.6 is 0 Å². The Bertz CT molecular complexity index is 239. The standard InChI is InChI=1S/C12H22N2O2/c1-2-11-10(5-7-16-11)12(15)14-8-9-4-3-6-13-9/h9-11,13H,2-8H2,1H3,(H,14,15). The predicted octanol–water partition coefficient (Wildman–Crippen LogP) is 0.670. The van der Waals surface area contributed by atoms with E-state index in [0.29, 0.717) is 6.04 Å². The maximum absolute atomic E-state index is 12.0. The molecule has 0 aliphatic carbocycles. The summed E-state index contributed by atoms with van der Waals surface area (Å²) in [5.41, 5.74) is 0. The van der Waals surface area contributed by atoms with Gasteiger partial charge in [-0.05, 0) is 32.2 Å². The summed E-state index contributed by atoms with van der Waals surface area (Å²) in [6.07, 6.45) is 4.35. The molecule has 0 spiro atoms. The van der Waals surface area contributed by atoms with Crippen LogP contribution in [0.3, 0.4) is 0 Å². The summed E-state index contributed by atoms with van der Waals surface area (Å²) >= 11 is 0. The van der Waals surface area contributed by atoms with Crippen LogP contribution in [0.2, 0.25) is 0 Å². The van der Waals surface area contributed by atoms with Crippen molar-refractivity contribution in [3.8, 4) is 0 Å². The number of amides is 1. The summed E-state index contributed by atoms with van der Waals surface area (Å²) in [5, 5.41) is 6.43. The van der Waals surface area contributed by atoms with Crippen LogP contribution < -0.4 is 10.6 Å². The Hall–Kier alpha value is -0.610. The lowest BCUT2D eigenvalue weighted by atomic mass is 9.98. The van der Waals surface area contributed by atoms with E-state index in [0.717, 1.165) is 32.5 Å². The minimum Gasteiger partial charge on any atom is -0.377 e. The number of carbonyl (C=O) groups is 1. The van der Waals surface area contributed by atoms with Gasteiger partial charge in [-0.3, -0.25) is 4.79 Å². The Balaban J connectivity index is 1.74. The van der Waals surface area contributed by atoms with Crippen LogP contribution in [-0.2, 0) is 9.53 Å². The first kappa shape index (κ1) is 11.9. The molecule has 0 aromatic carbocycles. The van der Waals surface area contributed by atoms with Crippen LogP contribution in [-0.4, -0.2) is 37.7 Å². The van der Waals surface area contributed by atoms with Crippen molar-refractivity contribution in [3.05, 3.63) is 0 Å². The van der Waals surface area contributed by atoms with E-state index < -0.39 is 0 Å². The fourth-order valence-corrected chi connectivity index (χ4v) is 2.64. The molecule has 4 nitrogen and oxygen atoms in total. The second-order valence-corrected chi connectivity index (χ2v) is 4.75. The number of ether oxygens (including phenoxy) is 1. The van der Waals surface area contributed by atoms with E-state index in [-0.39, 0.29) is 17.9 Å². The highest BCUT2D eigenvalue weighted by Gasteiger charge is 2.32. The molecule has 2 fully saturated rings. The highest BCUT2D eigenvalue weighted by atomic mass is 16.5. The van der Waals surface area contributed by atoms with Gasteiger partial charge in [0, 0.05) is 19.2 Å². The van der Waals surface area contributed by atoms with Crippen molar-refractivity contribution in [2.45, 2.75) is 44.8 Å². The average molecular weight is 226 g/mol. The van der Waals surface area contributed by atoms with E-state index in [2.05, 4.69) is 17.6 Å². The third kappa shape index (κ3) is 2.74. The van der Waals surface area contributed by atoms with Gasteiger partial charge in [0.25, 0.3) is 0 Å². The zero-order valence-corrected chi connectivity index (χ0v) is 10.00. The molecule has 1 amide bonds. The molecule has 4 heteroatoms. The molecular formula is C12H22N2O2. The number of hydrogen-bond acceptors (Lipinski definition) is 3. The molecule has 0 radical (unpaired) electrons. The molecule has 2 rings (SSSR count). The molecular weight excluding hydrogens is 204 g/mol. The van der Waals surface area contributed by atoms with Gasteiger partial charge in [-0.2, -0.15) is 0 Å². The number of carbonyl (C=O) groups excluding carboxylic acids is 1. The zero-order valence-electron chi connectivity index (χ0n) is 10.00. The van der Waals surface area contributed by atoms with Gasteiger partial charge < -0.3 is 15.4 Å². The van der Waals surface area contributed by atoms with E-state index in [4.69, 9.17) is 4.74 Å². The highest BCUT2D eigenvalue weighted by Crippen LogP contribution is 2.23. The molecule has 2 heterocycles. The summed E-state index contributed by atoms with van der Waals surface area (Å²) in [6, 6.07) is 0.478. The Morgan fingerprint density at radius 2 is 2.38 bits per heavy atom. The van der Waals surface area contributed by atoms with Crippen molar-refractivity contribution in [1.29, 1.82) is 0 Å². The zero-order chi connectivity index (χ0) is 11.4. The normalized spacial score (nSPS) is 34.2. The molecule has 2 aliphatic heterocycles. The topological polar surface area (TPSA) is 50.4 Å². The highest BCUT2D eigenvalue weighted by molar-refractivity contribution is 5.79. The second-order valence-electron chi connectivity index (χ2n) is 4.75. The largest absolute Gasteiger partial charge is 0.377 e. The predicted molar refractivity (Wildman–Crippen MR) is 62.2 cm³/mol. The first-order valence-corrected chi connectivity index (χ1v) is 6.44. The van der Waals surface area contributed by atoms with Gasteiger partial charge in [0.05, 0.1) is 12.0 Å². The quantitative estimate of drug-likeness (QED) is 0.741.